The summed E-state index contributed by atoms with van der Waals surface area (Å²) in [6.07, 6.45) is 0.868. The molecule has 6 heteroatoms. The fraction of sp³-hybridized carbons (Fsp3) is 0.467. The predicted molar refractivity (Wildman–Crippen MR) is 87.3 cm³/mol. The van der Waals surface area contributed by atoms with Gasteiger partial charge in [-0.1, -0.05) is 32.4 Å². The van der Waals surface area contributed by atoms with Crippen molar-refractivity contribution in [3.63, 3.8) is 0 Å². The Bertz CT molecular complexity index is 480. The van der Waals surface area contributed by atoms with Crippen LogP contribution in [0.1, 0.15) is 32.8 Å². The summed E-state index contributed by atoms with van der Waals surface area (Å²) in [6, 6.07) is 6.87. The van der Waals surface area contributed by atoms with E-state index in [0.29, 0.717) is 6.54 Å². The Kier molecular flexibility index (Phi) is 8.66. The van der Waals surface area contributed by atoms with Crippen LogP contribution in [0.25, 0.3) is 0 Å². The average Bonchev–Trinajstić information content (AvgIpc) is 2.42. The van der Waals surface area contributed by atoms with E-state index in [1.54, 1.807) is 6.07 Å². The maximum Gasteiger partial charge on any atom is 0.237 e. The summed E-state index contributed by atoms with van der Waals surface area (Å²) >= 11 is 0. The van der Waals surface area contributed by atoms with Gasteiger partial charge in [0.25, 0.3) is 0 Å². The number of amides is 2. The van der Waals surface area contributed by atoms with Crippen LogP contribution in [0.3, 0.4) is 0 Å². The molecule has 4 N–H and O–H groups in total. The molecule has 2 amide bonds. The molecule has 0 radical (unpaired) electrons. The largest absolute Gasteiger partial charge is 0.351 e. The van der Waals surface area contributed by atoms with Crippen LogP contribution in [-0.4, -0.2) is 17.9 Å². The van der Waals surface area contributed by atoms with Gasteiger partial charge in [0.15, 0.2) is 0 Å². The summed E-state index contributed by atoms with van der Waals surface area (Å²) in [6.45, 7) is 5.83. The molecule has 5 nitrogen and oxygen atoms in total. The Morgan fingerprint density at radius 2 is 2.00 bits per heavy atom. The summed E-state index contributed by atoms with van der Waals surface area (Å²) in [7, 11) is 0. The van der Waals surface area contributed by atoms with Gasteiger partial charge in [-0.15, -0.1) is 12.4 Å². The molecule has 1 aromatic carbocycles. The van der Waals surface area contributed by atoms with E-state index < -0.39 is 6.04 Å². The Hall–Kier alpha value is -1.59. The van der Waals surface area contributed by atoms with E-state index in [4.69, 9.17) is 5.73 Å². The number of benzene rings is 1. The van der Waals surface area contributed by atoms with Crippen molar-refractivity contribution in [2.45, 2.75) is 39.8 Å². The van der Waals surface area contributed by atoms with E-state index in [0.717, 1.165) is 17.7 Å². The normalized spacial score (nSPS) is 12.8. The van der Waals surface area contributed by atoms with Gasteiger partial charge in [-0.25, -0.2) is 0 Å². The summed E-state index contributed by atoms with van der Waals surface area (Å²) in [5.74, 6) is -0.116. The first kappa shape index (κ1) is 19.4. The average molecular weight is 314 g/mol. The smallest absolute Gasteiger partial charge is 0.237 e. The molecule has 0 aliphatic carbocycles. The second-order valence-corrected chi connectivity index (χ2v) is 5.01. The van der Waals surface area contributed by atoms with Gasteiger partial charge in [0.1, 0.15) is 0 Å². The number of carbonyl (C=O) groups excluding carboxylic acids is 2. The Morgan fingerprint density at radius 1 is 1.33 bits per heavy atom. The molecular formula is C15H24ClN3O2. The Balaban J connectivity index is 0.00000400. The SMILES string of the molecule is CCC(C)C(N)C(=O)NCc1cccc(NC(C)=O)c1.Cl. The molecule has 0 aliphatic heterocycles. The monoisotopic (exact) mass is 313 g/mol. The highest BCUT2D eigenvalue weighted by molar-refractivity contribution is 5.88. The van der Waals surface area contributed by atoms with Crippen molar-refractivity contribution >= 4 is 29.9 Å². The lowest BCUT2D eigenvalue weighted by Crippen LogP contribution is -2.44. The number of hydrogen-bond acceptors (Lipinski definition) is 3. The van der Waals surface area contributed by atoms with Crippen LogP contribution < -0.4 is 16.4 Å². The fourth-order valence-corrected chi connectivity index (χ4v) is 1.78. The molecule has 0 bridgehead atoms. The Morgan fingerprint density at radius 3 is 2.57 bits per heavy atom. The second-order valence-electron chi connectivity index (χ2n) is 5.01. The van der Waals surface area contributed by atoms with Crippen molar-refractivity contribution in [3.05, 3.63) is 29.8 Å². The highest BCUT2D eigenvalue weighted by Crippen LogP contribution is 2.11. The molecule has 0 aliphatic rings. The van der Waals surface area contributed by atoms with Crippen molar-refractivity contribution in [2.24, 2.45) is 11.7 Å². The molecule has 118 valence electrons. The van der Waals surface area contributed by atoms with Gasteiger partial charge in [0.05, 0.1) is 6.04 Å². The molecule has 21 heavy (non-hydrogen) atoms. The highest BCUT2D eigenvalue weighted by Gasteiger charge is 2.18. The van der Waals surface area contributed by atoms with Gasteiger partial charge in [-0.3, -0.25) is 9.59 Å². The third-order valence-electron chi connectivity index (χ3n) is 3.27. The van der Waals surface area contributed by atoms with E-state index >= 15 is 0 Å². The Labute approximate surface area is 132 Å². The molecule has 0 saturated heterocycles. The van der Waals surface area contributed by atoms with Crippen LogP contribution in [0, 0.1) is 5.92 Å². The summed E-state index contributed by atoms with van der Waals surface area (Å²) < 4.78 is 0. The van der Waals surface area contributed by atoms with E-state index in [-0.39, 0.29) is 30.1 Å². The lowest BCUT2D eigenvalue weighted by molar-refractivity contribution is -0.123. The lowest BCUT2D eigenvalue weighted by atomic mass is 9.99. The molecule has 0 fully saturated rings. The zero-order valence-corrected chi connectivity index (χ0v) is 13.5. The van der Waals surface area contributed by atoms with Gasteiger partial charge >= 0.3 is 0 Å². The van der Waals surface area contributed by atoms with Crippen molar-refractivity contribution in [2.75, 3.05) is 5.32 Å². The molecule has 1 rings (SSSR count). The predicted octanol–water partition coefficient (Wildman–Crippen LogP) is 2.06. The van der Waals surface area contributed by atoms with Crippen LogP contribution in [0.2, 0.25) is 0 Å². The van der Waals surface area contributed by atoms with E-state index in [2.05, 4.69) is 10.6 Å². The van der Waals surface area contributed by atoms with Gasteiger partial charge in [0.2, 0.25) is 11.8 Å². The number of nitrogens with two attached hydrogens (primary N) is 1. The van der Waals surface area contributed by atoms with Gasteiger partial charge in [0, 0.05) is 19.2 Å². The summed E-state index contributed by atoms with van der Waals surface area (Å²) in [4.78, 5) is 22.9. The maximum absolute atomic E-state index is 11.9. The van der Waals surface area contributed by atoms with Crippen molar-refractivity contribution in [1.29, 1.82) is 0 Å². The van der Waals surface area contributed by atoms with Crippen LogP contribution in [0.4, 0.5) is 5.69 Å². The van der Waals surface area contributed by atoms with Gasteiger partial charge in [-0.05, 0) is 23.6 Å². The summed E-state index contributed by atoms with van der Waals surface area (Å²) in [5, 5.41) is 5.52. The minimum atomic E-state index is -0.487. The van der Waals surface area contributed by atoms with Crippen LogP contribution >= 0.6 is 12.4 Å². The molecule has 1 aromatic rings. The molecule has 0 spiro atoms. The molecule has 0 saturated carbocycles. The first-order chi connectivity index (χ1) is 9.43. The van der Waals surface area contributed by atoms with Gasteiger partial charge in [-0.2, -0.15) is 0 Å². The number of carbonyl (C=O) groups is 2. The third kappa shape index (κ3) is 6.60. The summed E-state index contributed by atoms with van der Waals surface area (Å²) in [5.41, 5.74) is 7.50. The zero-order valence-electron chi connectivity index (χ0n) is 12.7. The quantitative estimate of drug-likeness (QED) is 0.751. The van der Waals surface area contributed by atoms with Crippen LogP contribution in [0.5, 0.6) is 0 Å². The lowest BCUT2D eigenvalue weighted by Gasteiger charge is -2.17. The van der Waals surface area contributed by atoms with Crippen LogP contribution in [-0.2, 0) is 16.1 Å². The number of hydrogen-bond donors (Lipinski definition) is 3. The van der Waals surface area contributed by atoms with Gasteiger partial charge < -0.3 is 16.4 Å². The fourth-order valence-electron chi connectivity index (χ4n) is 1.78. The third-order valence-corrected chi connectivity index (χ3v) is 3.27. The number of anilines is 1. The topological polar surface area (TPSA) is 84.2 Å². The van der Waals surface area contributed by atoms with Crippen molar-refractivity contribution in [1.82, 2.24) is 5.32 Å². The molecule has 2 atom stereocenters. The molecule has 0 heterocycles. The minimum absolute atomic E-state index is 0. The highest BCUT2D eigenvalue weighted by atomic mass is 35.5. The van der Waals surface area contributed by atoms with E-state index in [9.17, 15) is 9.59 Å². The van der Waals surface area contributed by atoms with Crippen molar-refractivity contribution in [3.8, 4) is 0 Å². The maximum atomic E-state index is 11.9. The van der Waals surface area contributed by atoms with E-state index in [1.807, 2.05) is 32.0 Å². The first-order valence-corrected chi connectivity index (χ1v) is 6.83. The van der Waals surface area contributed by atoms with E-state index in [1.165, 1.54) is 6.92 Å². The molecule has 0 aromatic heterocycles. The molecule has 2 unspecified atom stereocenters. The molecular weight excluding hydrogens is 290 g/mol. The van der Waals surface area contributed by atoms with Crippen LogP contribution in [0.15, 0.2) is 24.3 Å². The standard InChI is InChI=1S/C15H23N3O2.ClH/c1-4-10(2)14(16)15(20)17-9-12-6-5-7-13(8-12)18-11(3)19;/h5-8,10,14H,4,9,16H2,1-3H3,(H,17,20)(H,18,19);1H. The number of rotatable bonds is 6. The number of nitrogens with one attached hydrogen (secondary N) is 2. The second kappa shape index (κ2) is 9.37. The zero-order chi connectivity index (χ0) is 15.1. The van der Waals surface area contributed by atoms with Crippen molar-refractivity contribution < 1.29 is 9.59 Å². The minimum Gasteiger partial charge on any atom is -0.351 e. The number of halogens is 1. The first-order valence-electron chi connectivity index (χ1n) is 6.83.